The maximum absolute atomic E-state index is 11.8. The van der Waals surface area contributed by atoms with E-state index in [0.717, 1.165) is 16.7 Å². The van der Waals surface area contributed by atoms with Gasteiger partial charge < -0.3 is 14.1 Å². The van der Waals surface area contributed by atoms with E-state index in [1.807, 2.05) is 28.8 Å². The second kappa shape index (κ2) is 4.63. The first-order valence-corrected chi connectivity index (χ1v) is 6.43. The van der Waals surface area contributed by atoms with Crippen molar-refractivity contribution in [2.75, 3.05) is 0 Å². The minimum atomic E-state index is -1.44. The van der Waals surface area contributed by atoms with E-state index in [1.165, 1.54) is 0 Å². The zero-order valence-corrected chi connectivity index (χ0v) is 11.6. The Morgan fingerprint density at radius 3 is 2.67 bits per heavy atom. The van der Waals surface area contributed by atoms with Crippen LogP contribution in [-0.2, 0) is 4.79 Å². The van der Waals surface area contributed by atoms with Gasteiger partial charge in [-0.1, -0.05) is 0 Å². The molecule has 0 saturated heterocycles. The van der Waals surface area contributed by atoms with Gasteiger partial charge in [0.1, 0.15) is 5.58 Å². The highest BCUT2D eigenvalue weighted by atomic mass is 16.4. The van der Waals surface area contributed by atoms with E-state index >= 15 is 0 Å². The SMILES string of the molecule is Cc1cn(-c2ccc3occc3c2)c(C)c1C(=O)C(=O)O. The first-order chi connectivity index (χ1) is 9.99. The average molecular weight is 283 g/mol. The number of carbonyl (C=O) groups is 2. The maximum atomic E-state index is 11.8. The van der Waals surface area contributed by atoms with E-state index in [-0.39, 0.29) is 5.56 Å². The Bertz CT molecular complexity index is 870. The fourth-order valence-electron chi connectivity index (χ4n) is 2.58. The fraction of sp³-hybridized carbons (Fsp3) is 0.125. The molecule has 2 heterocycles. The van der Waals surface area contributed by atoms with Crippen molar-refractivity contribution in [3.63, 3.8) is 0 Å². The molecule has 0 aliphatic heterocycles. The summed E-state index contributed by atoms with van der Waals surface area (Å²) in [6, 6.07) is 7.50. The lowest BCUT2D eigenvalue weighted by Gasteiger charge is -2.06. The van der Waals surface area contributed by atoms with Gasteiger partial charge in [-0.05, 0) is 43.7 Å². The molecule has 0 aliphatic carbocycles. The van der Waals surface area contributed by atoms with Crippen LogP contribution in [0.4, 0.5) is 0 Å². The number of carboxylic acids is 1. The van der Waals surface area contributed by atoms with Gasteiger partial charge in [-0.3, -0.25) is 4.79 Å². The summed E-state index contributed by atoms with van der Waals surface area (Å²) in [6.07, 6.45) is 3.38. The minimum absolute atomic E-state index is 0.245. The fourth-order valence-corrected chi connectivity index (χ4v) is 2.58. The van der Waals surface area contributed by atoms with Gasteiger partial charge in [0.15, 0.2) is 0 Å². The molecule has 0 unspecified atom stereocenters. The molecule has 0 atom stereocenters. The largest absolute Gasteiger partial charge is 0.475 e. The molecule has 0 spiro atoms. The number of aryl methyl sites for hydroxylation is 1. The average Bonchev–Trinajstić information content (AvgIpc) is 3.01. The van der Waals surface area contributed by atoms with E-state index in [0.29, 0.717) is 11.3 Å². The van der Waals surface area contributed by atoms with Gasteiger partial charge in [0.2, 0.25) is 0 Å². The number of furan rings is 1. The number of Topliss-reactive ketones (excluding diaryl/α,β-unsaturated/α-hetero) is 1. The molecule has 0 fully saturated rings. The van der Waals surface area contributed by atoms with Gasteiger partial charge in [-0.15, -0.1) is 0 Å². The summed E-state index contributed by atoms with van der Waals surface area (Å²) in [5.41, 5.74) is 3.14. The van der Waals surface area contributed by atoms with Gasteiger partial charge in [-0.2, -0.15) is 0 Å². The second-order valence-corrected chi connectivity index (χ2v) is 4.92. The molecule has 2 aromatic heterocycles. The van der Waals surface area contributed by atoms with E-state index in [9.17, 15) is 9.59 Å². The highest BCUT2D eigenvalue weighted by Gasteiger charge is 2.23. The summed E-state index contributed by atoms with van der Waals surface area (Å²) in [4.78, 5) is 22.7. The third-order valence-electron chi connectivity index (χ3n) is 3.58. The molecule has 106 valence electrons. The van der Waals surface area contributed by atoms with Gasteiger partial charge in [0.25, 0.3) is 5.78 Å². The van der Waals surface area contributed by atoms with Crippen molar-refractivity contribution in [1.29, 1.82) is 0 Å². The monoisotopic (exact) mass is 283 g/mol. The summed E-state index contributed by atoms with van der Waals surface area (Å²) >= 11 is 0. The van der Waals surface area contributed by atoms with Crippen molar-refractivity contribution in [3.05, 3.63) is 53.5 Å². The molecule has 3 rings (SSSR count). The number of nitrogens with zero attached hydrogens (tertiary/aromatic N) is 1. The van der Waals surface area contributed by atoms with Crippen LogP contribution >= 0.6 is 0 Å². The highest BCUT2D eigenvalue weighted by Crippen LogP contribution is 2.24. The number of fused-ring (bicyclic) bond motifs is 1. The molecule has 5 nitrogen and oxygen atoms in total. The Hall–Kier alpha value is -2.82. The van der Waals surface area contributed by atoms with Gasteiger partial charge in [0, 0.05) is 23.0 Å². The number of carbonyl (C=O) groups excluding carboxylic acids is 1. The van der Waals surface area contributed by atoms with Gasteiger partial charge in [0.05, 0.1) is 11.8 Å². The number of hydrogen-bond acceptors (Lipinski definition) is 3. The molecule has 1 N–H and O–H groups in total. The molecule has 3 aromatic rings. The molecule has 0 amide bonds. The Morgan fingerprint density at radius 1 is 1.19 bits per heavy atom. The number of aliphatic carboxylic acids is 1. The van der Waals surface area contributed by atoms with Crippen LogP contribution < -0.4 is 0 Å². The number of rotatable bonds is 3. The van der Waals surface area contributed by atoms with Gasteiger partial charge >= 0.3 is 5.97 Å². The smallest absolute Gasteiger partial charge is 0.377 e. The minimum Gasteiger partial charge on any atom is -0.475 e. The first kappa shape index (κ1) is 13.2. The van der Waals surface area contributed by atoms with Crippen molar-refractivity contribution in [3.8, 4) is 5.69 Å². The van der Waals surface area contributed by atoms with Crippen molar-refractivity contribution in [2.45, 2.75) is 13.8 Å². The molecule has 1 aromatic carbocycles. The third kappa shape index (κ3) is 2.03. The van der Waals surface area contributed by atoms with Crippen LogP contribution in [0.2, 0.25) is 0 Å². The molecule has 21 heavy (non-hydrogen) atoms. The summed E-state index contributed by atoms with van der Waals surface area (Å²) in [6.45, 7) is 3.47. The van der Waals surface area contributed by atoms with Crippen LogP contribution in [0.1, 0.15) is 21.6 Å². The number of benzene rings is 1. The number of aromatic nitrogens is 1. The number of ketones is 1. The van der Waals surface area contributed by atoms with Crippen LogP contribution in [0.3, 0.4) is 0 Å². The van der Waals surface area contributed by atoms with E-state index in [4.69, 9.17) is 9.52 Å². The second-order valence-electron chi connectivity index (χ2n) is 4.92. The van der Waals surface area contributed by atoms with Crippen LogP contribution in [0.25, 0.3) is 16.7 Å². The molecule has 0 bridgehead atoms. The molecule has 0 aliphatic rings. The normalized spacial score (nSPS) is 11.0. The van der Waals surface area contributed by atoms with Crippen LogP contribution in [0, 0.1) is 13.8 Å². The molecular formula is C16H13NO4. The van der Waals surface area contributed by atoms with Crippen molar-refractivity contribution >= 4 is 22.7 Å². The first-order valence-electron chi connectivity index (χ1n) is 6.43. The maximum Gasteiger partial charge on any atom is 0.377 e. The molecular weight excluding hydrogens is 270 g/mol. The summed E-state index contributed by atoms with van der Waals surface area (Å²) in [7, 11) is 0. The Kier molecular flexibility index (Phi) is 2.90. The number of hydrogen-bond donors (Lipinski definition) is 1. The Morgan fingerprint density at radius 2 is 1.95 bits per heavy atom. The van der Waals surface area contributed by atoms with E-state index in [2.05, 4.69) is 0 Å². The topological polar surface area (TPSA) is 72.4 Å². The predicted molar refractivity (Wildman–Crippen MR) is 77.0 cm³/mol. The molecule has 0 saturated carbocycles. The van der Waals surface area contributed by atoms with Crippen LogP contribution in [0.5, 0.6) is 0 Å². The Labute approximate surface area is 120 Å². The lowest BCUT2D eigenvalue weighted by Crippen LogP contribution is -2.14. The van der Waals surface area contributed by atoms with Crippen molar-refractivity contribution in [2.24, 2.45) is 0 Å². The zero-order valence-electron chi connectivity index (χ0n) is 11.6. The van der Waals surface area contributed by atoms with Gasteiger partial charge in [-0.25, -0.2) is 4.79 Å². The molecule has 0 radical (unpaired) electrons. The zero-order chi connectivity index (χ0) is 15.1. The van der Waals surface area contributed by atoms with Crippen LogP contribution in [-0.4, -0.2) is 21.4 Å². The van der Waals surface area contributed by atoms with Crippen LogP contribution in [0.15, 0.2) is 41.1 Å². The lowest BCUT2D eigenvalue weighted by molar-refractivity contribution is -0.131. The highest BCUT2D eigenvalue weighted by molar-refractivity contribution is 6.40. The standard InChI is InChI=1S/C16H13NO4/c1-9-8-17(10(2)14(9)15(18)16(19)20)12-3-4-13-11(7-12)5-6-21-13/h3-8H,1-2H3,(H,19,20). The lowest BCUT2D eigenvalue weighted by atomic mass is 10.1. The summed E-state index contributed by atoms with van der Waals surface area (Å²) < 4.78 is 7.11. The Balaban J connectivity index is 2.17. The van der Waals surface area contributed by atoms with E-state index in [1.54, 1.807) is 26.3 Å². The van der Waals surface area contributed by atoms with Crippen molar-refractivity contribution in [1.82, 2.24) is 4.57 Å². The quantitative estimate of drug-likeness (QED) is 0.592. The van der Waals surface area contributed by atoms with E-state index < -0.39 is 11.8 Å². The summed E-state index contributed by atoms with van der Waals surface area (Å²) in [5.74, 6) is -2.32. The predicted octanol–water partition coefficient (Wildman–Crippen LogP) is 3.11. The number of carboxylic acid groups (broad SMARTS) is 1. The van der Waals surface area contributed by atoms with Crippen molar-refractivity contribution < 1.29 is 19.1 Å². The summed E-state index contributed by atoms with van der Waals surface area (Å²) in [5, 5.41) is 9.86. The molecule has 5 heteroatoms. The third-order valence-corrected chi connectivity index (χ3v) is 3.58.